The van der Waals surface area contributed by atoms with Crippen LogP contribution in [-0.4, -0.2) is 36.3 Å². The smallest absolute Gasteiger partial charge is 0.227 e. The maximum Gasteiger partial charge on any atom is 0.227 e. The first-order valence-electron chi connectivity index (χ1n) is 7.02. The largest absolute Gasteiger partial charge is 0.359 e. The summed E-state index contributed by atoms with van der Waals surface area (Å²) in [4.78, 5) is 26.2. The molecule has 2 unspecified atom stereocenters. The van der Waals surface area contributed by atoms with E-state index >= 15 is 0 Å². The molecule has 1 fully saturated rings. The van der Waals surface area contributed by atoms with E-state index in [1.165, 1.54) is 0 Å². The number of nitrogens with one attached hydrogen (secondary N) is 1. The molecule has 0 radical (unpaired) electrons. The monoisotopic (exact) mass is 254 g/mol. The van der Waals surface area contributed by atoms with Crippen molar-refractivity contribution in [2.75, 3.05) is 13.6 Å². The molecule has 0 aromatic carbocycles. The molecule has 1 rings (SSSR count). The number of carbonyl (C=O) groups excluding carboxylic acids is 2. The summed E-state index contributed by atoms with van der Waals surface area (Å²) in [5, 5.41) is 2.76. The van der Waals surface area contributed by atoms with E-state index in [4.69, 9.17) is 0 Å². The minimum absolute atomic E-state index is 0.0450. The van der Waals surface area contributed by atoms with Crippen LogP contribution in [0.1, 0.15) is 52.9 Å². The van der Waals surface area contributed by atoms with Crippen LogP contribution in [0.3, 0.4) is 0 Å². The zero-order valence-corrected chi connectivity index (χ0v) is 12.1. The second kappa shape index (κ2) is 6.21. The van der Waals surface area contributed by atoms with Gasteiger partial charge in [0, 0.05) is 26.1 Å². The highest BCUT2D eigenvalue weighted by Gasteiger charge is 2.46. The summed E-state index contributed by atoms with van der Waals surface area (Å²) in [5.74, 6) is 0.234. The van der Waals surface area contributed by atoms with Gasteiger partial charge in [0.2, 0.25) is 11.8 Å². The highest BCUT2D eigenvalue weighted by atomic mass is 16.2. The lowest BCUT2D eigenvalue weighted by Crippen LogP contribution is -2.58. The average molecular weight is 254 g/mol. The fourth-order valence-electron chi connectivity index (χ4n) is 3.08. The lowest BCUT2D eigenvalue weighted by atomic mass is 9.72. The Morgan fingerprint density at radius 2 is 2.06 bits per heavy atom. The fourth-order valence-corrected chi connectivity index (χ4v) is 3.08. The van der Waals surface area contributed by atoms with Crippen LogP contribution in [0.15, 0.2) is 0 Å². The second-order valence-corrected chi connectivity index (χ2v) is 5.35. The molecule has 1 saturated heterocycles. The van der Waals surface area contributed by atoms with Crippen molar-refractivity contribution >= 4 is 11.8 Å². The van der Waals surface area contributed by atoms with Crippen molar-refractivity contribution in [3.05, 3.63) is 0 Å². The van der Waals surface area contributed by atoms with E-state index in [1.54, 1.807) is 7.05 Å². The third-order valence-electron chi connectivity index (χ3n) is 4.14. The van der Waals surface area contributed by atoms with Crippen LogP contribution in [0.5, 0.6) is 0 Å². The Morgan fingerprint density at radius 1 is 1.39 bits per heavy atom. The first kappa shape index (κ1) is 15.0. The summed E-state index contributed by atoms with van der Waals surface area (Å²) in [6.45, 7) is 6.79. The van der Waals surface area contributed by atoms with E-state index < -0.39 is 5.41 Å². The Bertz CT molecular complexity index is 317. The van der Waals surface area contributed by atoms with E-state index in [0.717, 1.165) is 32.2 Å². The normalized spacial score (nSPS) is 28.0. The first-order valence-corrected chi connectivity index (χ1v) is 7.02. The minimum Gasteiger partial charge on any atom is -0.359 e. The standard InChI is InChI=1S/C14H26N2O2/c1-5-8-11-14(3,13(18)15-4)9-7-10-16(11)12(17)6-2/h11H,5-10H2,1-4H3,(H,15,18). The number of rotatable bonds is 4. The number of hydrogen-bond donors (Lipinski definition) is 1. The predicted octanol–water partition coefficient (Wildman–Crippen LogP) is 1.94. The SMILES string of the molecule is CCCC1N(C(=O)CC)CCCC1(C)C(=O)NC. The average Bonchev–Trinajstić information content (AvgIpc) is 2.39. The number of amides is 2. The van der Waals surface area contributed by atoms with Gasteiger partial charge in [-0.25, -0.2) is 0 Å². The van der Waals surface area contributed by atoms with Gasteiger partial charge in [0.1, 0.15) is 0 Å². The van der Waals surface area contributed by atoms with Crippen molar-refractivity contribution in [3.63, 3.8) is 0 Å². The van der Waals surface area contributed by atoms with Crippen molar-refractivity contribution in [2.45, 2.75) is 58.9 Å². The quantitative estimate of drug-likeness (QED) is 0.833. The van der Waals surface area contributed by atoms with E-state index in [-0.39, 0.29) is 17.9 Å². The van der Waals surface area contributed by atoms with Crippen LogP contribution in [0.25, 0.3) is 0 Å². The maximum atomic E-state index is 12.2. The minimum atomic E-state index is -0.437. The molecule has 0 aliphatic carbocycles. The van der Waals surface area contributed by atoms with Crippen molar-refractivity contribution in [1.82, 2.24) is 10.2 Å². The van der Waals surface area contributed by atoms with Gasteiger partial charge in [0.15, 0.2) is 0 Å². The molecule has 0 bridgehead atoms. The van der Waals surface area contributed by atoms with Crippen LogP contribution < -0.4 is 5.32 Å². The molecule has 18 heavy (non-hydrogen) atoms. The molecule has 104 valence electrons. The third-order valence-corrected chi connectivity index (χ3v) is 4.14. The molecule has 1 aliphatic rings. The molecule has 1 aliphatic heterocycles. The van der Waals surface area contributed by atoms with Gasteiger partial charge in [-0.15, -0.1) is 0 Å². The molecule has 2 amide bonds. The molecule has 1 heterocycles. The summed E-state index contributed by atoms with van der Waals surface area (Å²) >= 11 is 0. The molecule has 1 N–H and O–H groups in total. The molecule has 4 heteroatoms. The third kappa shape index (κ3) is 2.68. The van der Waals surface area contributed by atoms with Gasteiger partial charge in [-0.3, -0.25) is 9.59 Å². The van der Waals surface area contributed by atoms with Crippen LogP contribution in [0, 0.1) is 5.41 Å². The molecular formula is C14H26N2O2. The summed E-state index contributed by atoms with van der Waals surface area (Å²) < 4.78 is 0. The molecule has 2 atom stereocenters. The number of likely N-dealkylation sites (tertiary alicyclic amines) is 1. The highest BCUT2D eigenvalue weighted by Crippen LogP contribution is 2.38. The highest BCUT2D eigenvalue weighted by molar-refractivity contribution is 5.84. The molecular weight excluding hydrogens is 228 g/mol. The molecule has 0 saturated carbocycles. The zero-order valence-electron chi connectivity index (χ0n) is 12.1. The summed E-state index contributed by atoms with van der Waals surface area (Å²) in [6, 6.07) is 0.0450. The number of piperidine rings is 1. The van der Waals surface area contributed by atoms with Crippen LogP contribution >= 0.6 is 0 Å². The molecule has 4 nitrogen and oxygen atoms in total. The van der Waals surface area contributed by atoms with Gasteiger partial charge in [0.25, 0.3) is 0 Å². The van der Waals surface area contributed by atoms with Gasteiger partial charge in [-0.1, -0.05) is 20.3 Å². The maximum absolute atomic E-state index is 12.2. The van der Waals surface area contributed by atoms with Crippen molar-refractivity contribution in [2.24, 2.45) is 5.41 Å². The molecule has 0 aromatic rings. The van der Waals surface area contributed by atoms with Gasteiger partial charge < -0.3 is 10.2 Å². The van der Waals surface area contributed by atoms with Crippen LogP contribution in [0.2, 0.25) is 0 Å². The summed E-state index contributed by atoms with van der Waals surface area (Å²) in [7, 11) is 1.68. The Hall–Kier alpha value is -1.06. The van der Waals surface area contributed by atoms with Crippen LogP contribution in [0.4, 0.5) is 0 Å². The van der Waals surface area contributed by atoms with E-state index in [1.807, 2.05) is 18.7 Å². The predicted molar refractivity (Wildman–Crippen MR) is 72.1 cm³/mol. The lowest BCUT2D eigenvalue weighted by Gasteiger charge is -2.47. The summed E-state index contributed by atoms with van der Waals surface area (Å²) in [6.07, 6.45) is 4.19. The fraction of sp³-hybridized carbons (Fsp3) is 0.857. The van der Waals surface area contributed by atoms with Crippen molar-refractivity contribution in [1.29, 1.82) is 0 Å². The lowest BCUT2D eigenvalue weighted by molar-refractivity contribution is -0.147. The summed E-state index contributed by atoms with van der Waals surface area (Å²) in [5.41, 5.74) is -0.437. The van der Waals surface area contributed by atoms with E-state index in [0.29, 0.717) is 6.42 Å². The Kier molecular flexibility index (Phi) is 5.17. The zero-order chi connectivity index (χ0) is 13.8. The topological polar surface area (TPSA) is 49.4 Å². The van der Waals surface area contributed by atoms with Gasteiger partial charge >= 0.3 is 0 Å². The number of carbonyl (C=O) groups is 2. The first-order chi connectivity index (χ1) is 8.51. The molecule has 0 spiro atoms. The Balaban J connectivity index is 3.02. The van der Waals surface area contributed by atoms with Gasteiger partial charge in [0.05, 0.1) is 5.41 Å². The van der Waals surface area contributed by atoms with Crippen LogP contribution in [-0.2, 0) is 9.59 Å². The van der Waals surface area contributed by atoms with Gasteiger partial charge in [-0.05, 0) is 26.2 Å². The molecule has 0 aromatic heterocycles. The number of hydrogen-bond acceptors (Lipinski definition) is 2. The van der Waals surface area contributed by atoms with Crippen molar-refractivity contribution < 1.29 is 9.59 Å². The van der Waals surface area contributed by atoms with Crippen molar-refractivity contribution in [3.8, 4) is 0 Å². The van der Waals surface area contributed by atoms with E-state index in [9.17, 15) is 9.59 Å². The Labute approximate surface area is 110 Å². The number of nitrogens with zero attached hydrogens (tertiary/aromatic N) is 1. The second-order valence-electron chi connectivity index (χ2n) is 5.35. The van der Waals surface area contributed by atoms with E-state index in [2.05, 4.69) is 12.2 Å². The Morgan fingerprint density at radius 3 is 2.56 bits per heavy atom. The van der Waals surface area contributed by atoms with Gasteiger partial charge in [-0.2, -0.15) is 0 Å².